The van der Waals surface area contributed by atoms with Gasteiger partial charge in [0.15, 0.2) is 0 Å². The van der Waals surface area contributed by atoms with Gasteiger partial charge in [-0.05, 0) is 60.0 Å². The molecule has 3 heterocycles. The second kappa shape index (κ2) is 9.09. The van der Waals surface area contributed by atoms with Crippen LogP contribution in [0.5, 0.6) is 0 Å². The number of benzene rings is 2. The van der Waals surface area contributed by atoms with Gasteiger partial charge < -0.3 is 14.3 Å². The first kappa shape index (κ1) is 20.6. The van der Waals surface area contributed by atoms with Crippen LogP contribution < -0.4 is 4.72 Å². The number of likely N-dealkylation sites (tertiary alicyclic amines) is 1. The minimum absolute atomic E-state index is 0.325. The number of ether oxygens (including phenoxy) is 1. The Bertz CT molecular complexity index is 1160. The molecule has 31 heavy (non-hydrogen) atoms. The topological polar surface area (TPSA) is 45.2 Å². The van der Waals surface area contributed by atoms with Gasteiger partial charge in [-0.15, -0.1) is 0 Å². The highest BCUT2D eigenvalue weighted by atomic mass is 32.2. The Kier molecular flexibility index (Phi) is 6.05. The molecular weight excluding hydrogens is 404 g/mol. The molecule has 162 valence electrons. The molecule has 0 spiro atoms. The van der Waals surface area contributed by atoms with Gasteiger partial charge in [0, 0.05) is 67.5 Å². The number of rotatable bonds is 7. The molecule has 1 atom stereocenters. The van der Waals surface area contributed by atoms with Crippen molar-refractivity contribution >= 4 is 33.8 Å². The Hall–Kier alpha value is -2.25. The normalized spacial score (nSPS) is 17.0. The molecule has 0 aliphatic carbocycles. The molecule has 0 saturated carbocycles. The van der Waals surface area contributed by atoms with Crippen molar-refractivity contribution in [3.05, 3.63) is 66.5 Å². The van der Waals surface area contributed by atoms with Crippen molar-refractivity contribution in [1.82, 2.24) is 19.2 Å². The minimum atomic E-state index is 0.325. The van der Waals surface area contributed by atoms with E-state index >= 15 is 0 Å². The SMILES string of the molecule is COC1CCN(C(CNSc2ccc3cc[nH]c3c2)c2cn(C)c3ccccc23)CC1. The van der Waals surface area contributed by atoms with Gasteiger partial charge in [0.1, 0.15) is 0 Å². The monoisotopic (exact) mass is 434 g/mol. The smallest absolute Gasteiger partial charge is 0.0595 e. The Labute approximate surface area is 187 Å². The fourth-order valence-electron chi connectivity index (χ4n) is 4.79. The Morgan fingerprint density at radius 1 is 1.16 bits per heavy atom. The van der Waals surface area contributed by atoms with E-state index in [4.69, 9.17) is 4.74 Å². The number of aromatic nitrogens is 2. The van der Waals surface area contributed by atoms with Crippen LogP contribution in [-0.2, 0) is 11.8 Å². The highest BCUT2D eigenvalue weighted by Crippen LogP contribution is 2.32. The highest BCUT2D eigenvalue weighted by molar-refractivity contribution is 7.97. The molecule has 2 aromatic heterocycles. The summed E-state index contributed by atoms with van der Waals surface area (Å²) >= 11 is 1.71. The van der Waals surface area contributed by atoms with E-state index in [9.17, 15) is 0 Å². The van der Waals surface area contributed by atoms with Crippen molar-refractivity contribution in [2.45, 2.75) is 29.9 Å². The Morgan fingerprint density at radius 3 is 2.84 bits per heavy atom. The summed E-state index contributed by atoms with van der Waals surface area (Å²) in [7, 11) is 3.98. The molecule has 1 saturated heterocycles. The van der Waals surface area contributed by atoms with Crippen LogP contribution in [0.3, 0.4) is 0 Å². The van der Waals surface area contributed by atoms with E-state index in [1.54, 1.807) is 11.9 Å². The van der Waals surface area contributed by atoms with Crippen LogP contribution in [0.15, 0.2) is 65.8 Å². The maximum atomic E-state index is 5.61. The number of piperidine rings is 1. The number of H-pyrrole nitrogens is 1. The Morgan fingerprint density at radius 2 is 2.00 bits per heavy atom. The summed E-state index contributed by atoms with van der Waals surface area (Å²) in [5.41, 5.74) is 3.88. The predicted molar refractivity (Wildman–Crippen MR) is 129 cm³/mol. The zero-order valence-corrected chi connectivity index (χ0v) is 19.0. The molecule has 5 rings (SSSR count). The first-order valence-electron chi connectivity index (χ1n) is 11.0. The number of nitrogens with zero attached hydrogens (tertiary/aromatic N) is 2. The van der Waals surface area contributed by atoms with E-state index < -0.39 is 0 Å². The van der Waals surface area contributed by atoms with E-state index in [-0.39, 0.29) is 0 Å². The average molecular weight is 435 g/mol. The third-order valence-corrected chi connectivity index (χ3v) is 7.33. The molecule has 4 aromatic rings. The summed E-state index contributed by atoms with van der Waals surface area (Å²) in [5.74, 6) is 0. The van der Waals surface area contributed by atoms with Crippen LogP contribution in [0.4, 0.5) is 0 Å². The van der Waals surface area contributed by atoms with Crippen molar-refractivity contribution < 1.29 is 4.74 Å². The lowest BCUT2D eigenvalue weighted by molar-refractivity contribution is 0.0278. The van der Waals surface area contributed by atoms with Crippen molar-refractivity contribution in [1.29, 1.82) is 0 Å². The number of fused-ring (bicyclic) bond motifs is 2. The maximum Gasteiger partial charge on any atom is 0.0595 e. The van der Waals surface area contributed by atoms with E-state index in [2.05, 4.69) is 80.9 Å². The molecule has 0 amide bonds. The average Bonchev–Trinajstić information content (AvgIpc) is 3.41. The molecule has 1 unspecified atom stereocenters. The summed E-state index contributed by atoms with van der Waals surface area (Å²) in [6.45, 7) is 3.01. The lowest BCUT2D eigenvalue weighted by Crippen LogP contribution is -2.41. The summed E-state index contributed by atoms with van der Waals surface area (Å²) in [5, 5.41) is 2.60. The predicted octanol–water partition coefficient (Wildman–Crippen LogP) is 5.11. The number of para-hydroxylation sites is 1. The molecule has 2 N–H and O–H groups in total. The molecule has 2 aromatic carbocycles. The lowest BCUT2D eigenvalue weighted by atomic mass is 10.00. The standard InChI is InChI=1S/C25H30N4OS/c1-28-17-22(21-5-3-4-6-24(21)28)25(29-13-10-19(30-2)11-14-29)16-27-31-20-8-7-18-9-12-26-23(18)15-20/h3-9,12,15,17,19,25-27H,10-11,13-14,16H2,1-2H3. The van der Waals surface area contributed by atoms with E-state index in [0.717, 1.165) is 32.5 Å². The molecule has 0 bridgehead atoms. The number of methoxy groups -OCH3 is 1. The molecule has 6 heteroatoms. The van der Waals surface area contributed by atoms with Gasteiger partial charge in [-0.2, -0.15) is 0 Å². The molecule has 0 radical (unpaired) electrons. The zero-order valence-electron chi connectivity index (χ0n) is 18.2. The molecule has 1 aliphatic heterocycles. The number of nitrogens with one attached hydrogen (secondary N) is 2. The highest BCUT2D eigenvalue weighted by Gasteiger charge is 2.28. The van der Waals surface area contributed by atoms with Crippen molar-refractivity contribution in [3.8, 4) is 0 Å². The van der Waals surface area contributed by atoms with Crippen molar-refractivity contribution in [2.24, 2.45) is 7.05 Å². The van der Waals surface area contributed by atoms with E-state index in [1.807, 2.05) is 13.3 Å². The van der Waals surface area contributed by atoms with E-state index in [1.165, 1.54) is 32.3 Å². The van der Waals surface area contributed by atoms with Gasteiger partial charge in [0.05, 0.1) is 12.1 Å². The molecule has 1 fully saturated rings. The van der Waals surface area contributed by atoms with E-state index in [0.29, 0.717) is 12.1 Å². The summed E-state index contributed by atoms with van der Waals surface area (Å²) < 4.78 is 11.5. The van der Waals surface area contributed by atoms with Gasteiger partial charge in [0.25, 0.3) is 0 Å². The first-order chi connectivity index (χ1) is 15.2. The second-order valence-electron chi connectivity index (χ2n) is 8.38. The Balaban J connectivity index is 1.37. The van der Waals surface area contributed by atoms with Gasteiger partial charge in [-0.3, -0.25) is 9.62 Å². The molecule has 1 aliphatic rings. The summed E-state index contributed by atoms with van der Waals surface area (Å²) in [4.78, 5) is 7.16. The number of hydrogen-bond donors (Lipinski definition) is 2. The van der Waals surface area contributed by atoms with Crippen LogP contribution >= 0.6 is 11.9 Å². The largest absolute Gasteiger partial charge is 0.381 e. The minimum Gasteiger partial charge on any atom is -0.381 e. The van der Waals surface area contributed by atoms with Gasteiger partial charge >= 0.3 is 0 Å². The third kappa shape index (κ3) is 4.26. The van der Waals surface area contributed by atoms with Crippen LogP contribution in [-0.4, -0.2) is 47.3 Å². The maximum absolute atomic E-state index is 5.61. The zero-order chi connectivity index (χ0) is 21.2. The summed E-state index contributed by atoms with van der Waals surface area (Å²) in [6.07, 6.45) is 6.88. The van der Waals surface area contributed by atoms with Gasteiger partial charge in [-0.1, -0.05) is 24.3 Å². The first-order valence-corrected chi connectivity index (χ1v) is 11.8. The van der Waals surface area contributed by atoms with Crippen LogP contribution in [0.1, 0.15) is 24.4 Å². The summed E-state index contributed by atoms with van der Waals surface area (Å²) in [6, 6.07) is 17.7. The molecule has 5 nitrogen and oxygen atoms in total. The van der Waals surface area contributed by atoms with Gasteiger partial charge in [0.2, 0.25) is 0 Å². The van der Waals surface area contributed by atoms with Gasteiger partial charge in [-0.25, -0.2) is 0 Å². The number of hydrogen-bond acceptors (Lipinski definition) is 4. The fraction of sp³-hybridized carbons (Fsp3) is 0.360. The van der Waals surface area contributed by atoms with Crippen LogP contribution in [0.2, 0.25) is 0 Å². The lowest BCUT2D eigenvalue weighted by Gasteiger charge is -2.37. The van der Waals surface area contributed by atoms with Crippen LogP contribution in [0, 0.1) is 0 Å². The number of aromatic amines is 1. The van der Waals surface area contributed by atoms with Crippen LogP contribution in [0.25, 0.3) is 21.8 Å². The fourth-order valence-corrected chi connectivity index (χ4v) is 5.51. The third-order valence-electron chi connectivity index (χ3n) is 6.53. The quantitative estimate of drug-likeness (QED) is 0.397. The second-order valence-corrected chi connectivity index (χ2v) is 9.34. The molecular formula is C25H30N4OS. The number of aryl methyl sites for hydroxylation is 1. The van der Waals surface area contributed by atoms with Crippen molar-refractivity contribution in [3.63, 3.8) is 0 Å². The van der Waals surface area contributed by atoms with Crippen molar-refractivity contribution in [2.75, 3.05) is 26.7 Å².